The number of rotatable bonds is 0. The van der Waals surface area contributed by atoms with E-state index in [1.807, 2.05) is 0 Å². The van der Waals surface area contributed by atoms with Crippen molar-refractivity contribution in [1.82, 2.24) is 0 Å². The van der Waals surface area contributed by atoms with Gasteiger partial charge in [0, 0.05) is 8.48 Å². The molecule has 0 radical (unpaired) electrons. The second-order valence-corrected chi connectivity index (χ2v) is 9.30. The Hall–Kier alpha value is 0.980. The van der Waals surface area contributed by atoms with Crippen LogP contribution in [-0.4, -0.2) is 3.91 Å². The molecule has 2 heterocycles. The van der Waals surface area contributed by atoms with Gasteiger partial charge in [0.1, 0.15) is 3.91 Å². The van der Waals surface area contributed by atoms with Gasteiger partial charge in [-0.15, -0.1) is 0 Å². The lowest BCUT2D eigenvalue weighted by atomic mass is 11.9. The van der Waals surface area contributed by atoms with Crippen LogP contribution < -0.4 is 0 Å². The topological polar surface area (TPSA) is 0 Å². The van der Waals surface area contributed by atoms with Gasteiger partial charge in [0.25, 0.3) is 0 Å². The van der Waals surface area contributed by atoms with Crippen LogP contribution in [0.25, 0.3) is 0 Å². The Labute approximate surface area is 38.3 Å². The molecule has 4 heteroatoms. The molecule has 2 saturated heterocycles. The number of hydrogen-bond donors (Lipinski definition) is 0. The standard InChI is InChI=1S/CHFS3/c2-5-1(3-5)4-5/h1H. The van der Waals surface area contributed by atoms with E-state index in [1.165, 1.54) is 21.6 Å². The van der Waals surface area contributed by atoms with Crippen molar-refractivity contribution in [2.75, 3.05) is 0 Å². The molecule has 30 valence electrons. The van der Waals surface area contributed by atoms with Gasteiger partial charge in [0.2, 0.25) is 0 Å². The normalized spacial score (nSPS) is 83.0. The van der Waals surface area contributed by atoms with Gasteiger partial charge >= 0.3 is 0 Å². The van der Waals surface area contributed by atoms with Gasteiger partial charge in [-0.25, -0.2) is 0 Å². The monoisotopic (exact) mass is 128 g/mol. The summed E-state index contributed by atoms with van der Waals surface area (Å²) in [6.07, 6.45) is 0. The minimum absolute atomic E-state index is 0.447. The van der Waals surface area contributed by atoms with Crippen LogP contribution >= 0.6 is 30.1 Å². The molecule has 5 heavy (non-hydrogen) atoms. The van der Waals surface area contributed by atoms with Gasteiger partial charge in [-0.3, -0.25) is 0 Å². The molecule has 2 aliphatic heterocycles. The molecule has 0 aromatic carbocycles. The van der Waals surface area contributed by atoms with E-state index in [4.69, 9.17) is 0 Å². The van der Waals surface area contributed by atoms with Crippen LogP contribution in [0.2, 0.25) is 0 Å². The van der Waals surface area contributed by atoms with Crippen LogP contribution in [0.5, 0.6) is 0 Å². The molecule has 0 spiro atoms. The molecule has 0 bridgehead atoms. The molecule has 0 saturated carbocycles. The van der Waals surface area contributed by atoms with Crippen LogP contribution in [0.1, 0.15) is 0 Å². The highest BCUT2D eigenvalue weighted by molar-refractivity contribution is 9.50. The van der Waals surface area contributed by atoms with E-state index in [2.05, 4.69) is 0 Å². The molecule has 0 nitrogen and oxygen atoms in total. The molecule has 0 amide bonds. The zero-order chi connectivity index (χ0) is 3.49. The predicted molar refractivity (Wildman–Crippen MR) is 27.7 cm³/mol. The first kappa shape index (κ1) is 3.04. The average molecular weight is 128 g/mol. The maximum absolute atomic E-state index is 11.9. The first-order valence-electron chi connectivity index (χ1n) is 1.19. The van der Waals surface area contributed by atoms with E-state index in [1.54, 1.807) is 0 Å². The molecular weight excluding hydrogens is 127 g/mol. The summed E-state index contributed by atoms with van der Waals surface area (Å²) in [5, 5.41) is 0. The minimum atomic E-state index is -1.42. The number of halogens is 1. The van der Waals surface area contributed by atoms with Crippen LogP contribution in [0, 0.1) is 0 Å². The molecule has 0 N–H and O–H groups in total. The predicted octanol–water partition coefficient (Wildman–Crippen LogP) is 2.28. The van der Waals surface area contributed by atoms with Crippen molar-refractivity contribution in [3.05, 3.63) is 0 Å². The summed E-state index contributed by atoms with van der Waals surface area (Å²) in [5.41, 5.74) is 0. The molecule has 0 unspecified atom stereocenters. The van der Waals surface area contributed by atoms with Crippen molar-refractivity contribution in [1.29, 1.82) is 0 Å². The zero-order valence-corrected chi connectivity index (χ0v) is 4.63. The van der Waals surface area contributed by atoms with E-state index in [9.17, 15) is 3.89 Å². The summed E-state index contributed by atoms with van der Waals surface area (Å²) in [7, 11) is 1.59. The number of hydrogen-bond acceptors (Lipinski definition) is 2. The Morgan fingerprint density at radius 1 is 1.60 bits per heavy atom. The van der Waals surface area contributed by atoms with E-state index < -0.39 is 8.48 Å². The van der Waals surface area contributed by atoms with Crippen molar-refractivity contribution in [2.24, 2.45) is 0 Å². The Balaban J connectivity index is 2.37. The van der Waals surface area contributed by atoms with Gasteiger partial charge in [-0.1, -0.05) is 0 Å². The third-order valence-electron chi connectivity index (χ3n) is 0.574. The largest absolute Gasteiger partial charge is 0.166 e. The third-order valence-corrected chi connectivity index (χ3v) is 9.41. The zero-order valence-electron chi connectivity index (χ0n) is 2.18. The van der Waals surface area contributed by atoms with Crippen LogP contribution in [0.15, 0.2) is 0 Å². The fraction of sp³-hybridized carbons (Fsp3) is 1.00. The summed E-state index contributed by atoms with van der Waals surface area (Å²) < 4.78 is 12.3. The Bertz CT molecular complexity index is 75.0. The molecule has 0 aliphatic carbocycles. The highest BCUT2D eigenvalue weighted by Crippen LogP contribution is 3.12. The van der Waals surface area contributed by atoms with E-state index in [-0.39, 0.29) is 0 Å². The molecule has 2 aliphatic rings. The second kappa shape index (κ2) is 0.550. The fourth-order valence-corrected chi connectivity index (χ4v) is 6.49. The van der Waals surface area contributed by atoms with Gasteiger partial charge in [0.05, 0.1) is 0 Å². The van der Waals surface area contributed by atoms with Crippen LogP contribution in [-0.2, 0) is 0 Å². The van der Waals surface area contributed by atoms with Crippen molar-refractivity contribution in [3.63, 3.8) is 0 Å². The van der Waals surface area contributed by atoms with Crippen LogP contribution in [0.4, 0.5) is 3.89 Å². The lowest BCUT2D eigenvalue weighted by Crippen LogP contribution is -1.26. The maximum atomic E-state index is 11.9. The fourth-order valence-electron chi connectivity index (χ4n) is 0.176. The van der Waals surface area contributed by atoms with Gasteiger partial charge < -0.3 is 0 Å². The van der Waals surface area contributed by atoms with Gasteiger partial charge in [-0.2, -0.15) is 3.89 Å². The maximum Gasteiger partial charge on any atom is 0.147 e. The SMILES string of the molecule is FS12SC1S2. The molecule has 2 fully saturated rings. The second-order valence-electron chi connectivity index (χ2n) is 0.957. The van der Waals surface area contributed by atoms with Gasteiger partial charge in [-0.05, 0) is 21.6 Å². The van der Waals surface area contributed by atoms with E-state index in [0.717, 1.165) is 0 Å². The smallest absolute Gasteiger partial charge is 0.147 e. The highest BCUT2D eigenvalue weighted by Gasteiger charge is 2.72. The highest BCUT2D eigenvalue weighted by atomic mass is 33.7. The lowest BCUT2D eigenvalue weighted by Gasteiger charge is -1.77. The van der Waals surface area contributed by atoms with Crippen molar-refractivity contribution in [2.45, 2.75) is 3.91 Å². The summed E-state index contributed by atoms with van der Waals surface area (Å²) in [6.45, 7) is 0. The summed E-state index contributed by atoms with van der Waals surface area (Å²) in [5.74, 6) is 0. The Morgan fingerprint density at radius 3 is 1.80 bits per heavy atom. The molecule has 2 rings (SSSR count). The summed E-state index contributed by atoms with van der Waals surface area (Å²) in [6, 6.07) is 0. The minimum Gasteiger partial charge on any atom is -0.166 e. The van der Waals surface area contributed by atoms with Crippen molar-refractivity contribution in [3.8, 4) is 0 Å². The van der Waals surface area contributed by atoms with E-state index >= 15 is 0 Å². The van der Waals surface area contributed by atoms with Crippen molar-refractivity contribution < 1.29 is 3.89 Å². The first-order valence-corrected chi connectivity index (χ1v) is 5.58. The third kappa shape index (κ3) is 0.262. The quantitative estimate of drug-likeness (QED) is 0.362. The summed E-state index contributed by atoms with van der Waals surface area (Å²) in [4.78, 5) is 0. The number of fused-ring (bicyclic) bond motifs is 1. The summed E-state index contributed by atoms with van der Waals surface area (Å²) >= 11 is 0. The molecule has 0 aromatic heterocycles. The molecular formula is CHFS3. The van der Waals surface area contributed by atoms with Crippen molar-refractivity contribution >= 4 is 30.1 Å². The lowest BCUT2D eigenvalue weighted by molar-refractivity contribution is 0.942. The van der Waals surface area contributed by atoms with Gasteiger partial charge in [0.15, 0.2) is 0 Å². The van der Waals surface area contributed by atoms with Crippen LogP contribution in [0.3, 0.4) is 0 Å². The Kier molecular flexibility index (Phi) is 0.335. The van der Waals surface area contributed by atoms with E-state index in [0.29, 0.717) is 3.91 Å². The Morgan fingerprint density at radius 2 is 1.80 bits per heavy atom. The first-order chi connectivity index (χ1) is 2.31. The average Bonchev–Trinajstić information content (AvgIpc) is 1.74. The molecule has 0 atom stereocenters. The molecule has 0 aromatic rings.